The molecule has 0 saturated heterocycles. The van der Waals surface area contributed by atoms with E-state index in [-0.39, 0.29) is 17.6 Å². The summed E-state index contributed by atoms with van der Waals surface area (Å²) in [7, 11) is 1.20. The minimum atomic E-state index is -4.55. The van der Waals surface area contributed by atoms with Crippen LogP contribution in [0.15, 0.2) is 12.1 Å². The second kappa shape index (κ2) is 6.61. The fraction of sp³-hybridized carbons (Fsp3) is 0.500. The Balaban J connectivity index is 3.14. The Morgan fingerprint density at radius 3 is 2.33 bits per heavy atom. The lowest BCUT2D eigenvalue weighted by molar-refractivity contribution is -0.142. The van der Waals surface area contributed by atoms with Crippen molar-refractivity contribution in [3.8, 4) is 0 Å². The number of anilines is 2. The molecular formula is C12H17F3N4O2. The first kappa shape index (κ1) is 17.0. The highest BCUT2D eigenvalue weighted by molar-refractivity contribution is 5.79. The highest BCUT2D eigenvalue weighted by atomic mass is 19.4. The van der Waals surface area contributed by atoms with E-state index in [0.29, 0.717) is 0 Å². The van der Waals surface area contributed by atoms with Crippen LogP contribution >= 0.6 is 0 Å². The standard InChI is InChI=1S/C12H17F3N4O2/c1-6(2)10(11(20)21-3)18-8-4-7(12(13,14)15)5-9(17-8)19-16/h4-6,10H,16H2,1-3H3,(H2,17,18,19). The number of carbonyl (C=O) groups is 1. The molecule has 1 unspecified atom stereocenters. The summed E-state index contributed by atoms with van der Waals surface area (Å²) in [4.78, 5) is 15.5. The molecule has 9 heteroatoms. The minimum absolute atomic E-state index is 0.123. The number of nitrogens with one attached hydrogen (secondary N) is 2. The quantitative estimate of drug-likeness (QED) is 0.438. The Bertz CT molecular complexity index is 506. The van der Waals surface area contributed by atoms with Crippen LogP contribution in [0.4, 0.5) is 24.8 Å². The molecule has 0 fully saturated rings. The van der Waals surface area contributed by atoms with Gasteiger partial charge in [-0.2, -0.15) is 13.2 Å². The van der Waals surface area contributed by atoms with Gasteiger partial charge in [0.15, 0.2) is 0 Å². The van der Waals surface area contributed by atoms with Gasteiger partial charge in [0.1, 0.15) is 17.7 Å². The van der Waals surface area contributed by atoms with Gasteiger partial charge in [0.25, 0.3) is 0 Å². The summed E-state index contributed by atoms with van der Waals surface area (Å²) in [6.45, 7) is 3.45. The van der Waals surface area contributed by atoms with Crippen molar-refractivity contribution < 1.29 is 22.7 Å². The Morgan fingerprint density at radius 2 is 1.90 bits per heavy atom. The molecule has 21 heavy (non-hydrogen) atoms. The zero-order valence-electron chi connectivity index (χ0n) is 11.8. The molecule has 1 aromatic rings. The molecule has 0 bridgehead atoms. The number of nitrogen functional groups attached to an aromatic ring is 1. The topological polar surface area (TPSA) is 89.3 Å². The first-order chi connectivity index (χ1) is 9.68. The van der Waals surface area contributed by atoms with Crippen LogP contribution in [0.1, 0.15) is 19.4 Å². The van der Waals surface area contributed by atoms with E-state index < -0.39 is 23.8 Å². The van der Waals surface area contributed by atoms with E-state index in [4.69, 9.17) is 5.84 Å². The van der Waals surface area contributed by atoms with Crippen LogP contribution in [0.25, 0.3) is 0 Å². The van der Waals surface area contributed by atoms with Crippen molar-refractivity contribution in [2.24, 2.45) is 11.8 Å². The van der Waals surface area contributed by atoms with E-state index in [2.05, 4.69) is 20.5 Å². The molecule has 6 nitrogen and oxygen atoms in total. The Morgan fingerprint density at radius 1 is 1.33 bits per heavy atom. The van der Waals surface area contributed by atoms with E-state index in [1.54, 1.807) is 13.8 Å². The molecule has 0 radical (unpaired) electrons. The van der Waals surface area contributed by atoms with E-state index >= 15 is 0 Å². The van der Waals surface area contributed by atoms with Crippen LogP contribution in [0.5, 0.6) is 0 Å². The van der Waals surface area contributed by atoms with Crippen LogP contribution in [0.3, 0.4) is 0 Å². The van der Waals surface area contributed by atoms with Gasteiger partial charge in [0.2, 0.25) is 0 Å². The minimum Gasteiger partial charge on any atom is -0.467 e. The number of rotatable bonds is 5. The van der Waals surface area contributed by atoms with Crippen LogP contribution in [0, 0.1) is 5.92 Å². The largest absolute Gasteiger partial charge is 0.467 e. The normalized spacial score (nSPS) is 13.0. The van der Waals surface area contributed by atoms with Crippen molar-refractivity contribution in [2.75, 3.05) is 17.9 Å². The maximum Gasteiger partial charge on any atom is 0.416 e. The predicted octanol–water partition coefficient (Wildman–Crippen LogP) is 2.00. The summed E-state index contributed by atoms with van der Waals surface area (Å²) in [6, 6.07) is 0.754. The van der Waals surface area contributed by atoms with Crippen LogP contribution < -0.4 is 16.6 Å². The smallest absolute Gasteiger partial charge is 0.416 e. The number of nitrogens with zero attached hydrogens (tertiary/aromatic N) is 1. The summed E-state index contributed by atoms with van der Waals surface area (Å²) >= 11 is 0. The summed E-state index contributed by atoms with van der Waals surface area (Å²) in [5.74, 6) is 4.02. The molecule has 0 aliphatic heterocycles. The molecular weight excluding hydrogens is 289 g/mol. The third-order valence-corrected chi connectivity index (χ3v) is 2.73. The lowest BCUT2D eigenvalue weighted by atomic mass is 10.0. The molecule has 0 aliphatic carbocycles. The zero-order valence-corrected chi connectivity index (χ0v) is 11.8. The molecule has 1 aromatic heterocycles. The van der Waals surface area contributed by atoms with Gasteiger partial charge in [-0.3, -0.25) is 0 Å². The van der Waals surface area contributed by atoms with E-state index in [1.807, 2.05) is 0 Å². The van der Waals surface area contributed by atoms with Gasteiger partial charge < -0.3 is 15.5 Å². The highest BCUT2D eigenvalue weighted by Gasteiger charge is 2.32. The fourth-order valence-corrected chi connectivity index (χ4v) is 1.63. The first-order valence-electron chi connectivity index (χ1n) is 6.09. The number of nitrogens with two attached hydrogens (primary N) is 1. The number of hydrogen-bond donors (Lipinski definition) is 3. The van der Waals surface area contributed by atoms with Crippen LogP contribution in [-0.2, 0) is 15.7 Å². The Hall–Kier alpha value is -2.03. The summed E-state index contributed by atoms with van der Waals surface area (Å²) in [6.07, 6.45) is -4.55. The van der Waals surface area contributed by atoms with Crippen molar-refractivity contribution in [1.82, 2.24) is 4.98 Å². The fourth-order valence-electron chi connectivity index (χ4n) is 1.63. The molecule has 118 valence electrons. The second-order valence-electron chi connectivity index (χ2n) is 4.66. The lowest BCUT2D eigenvalue weighted by Crippen LogP contribution is -2.36. The van der Waals surface area contributed by atoms with Crippen molar-refractivity contribution in [3.63, 3.8) is 0 Å². The third kappa shape index (κ3) is 4.48. The molecule has 1 rings (SSSR count). The number of hydrogen-bond acceptors (Lipinski definition) is 6. The molecule has 0 aromatic carbocycles. The molecule has 0 saturated carbocycles. The average Bonchev–Trinajstić information content (AvgIpc) is 2.42. The highest BCUT2D eigenvalue weighted by Crippen LogP contribution is 2.32. The first-order valence-corrected chi connectivity index (χ1v) is 6.09. The summed E-state index contributed by atoms with van der Waals surface area (Å²) in [5.41, 5.74) is 1.13. The Labute approximate surface area is 119 Å². The maximum atomic E-state index is 12.8. The van der Waals surface area contributed by atoms with Gasteiger partial charge in [-0.25, -0.2) is 15.6 Å². The van der Waals surface area contributed by atoms with Crippen molar-refractivity contribution in [3.05, 3.63) is 17.7 Å². The molecule has 0 amide bonds. The van der Waals surface area contributed by atoms with Crippen LogP contribution in [0.2, 0.25) is 0 Å². The number of aromatic nitrogens is 1. The SMILES string of the molecule is COC(=O)C(Nc1cc(C(F)(F)F)cc(NN)n1)C(C)C. The van der Waals surface area contributed by atoms with Gasteiger partial charge in [-0.05, 0) is 18.1 Å². The molecule has 1 atom stereocenters. The van der Waals surface area contributed by atoms with Gasteiger partial charge in [-0.1, -0.05) is 13.8 Å². The van der Waals surface area contributed by atoms with Gasteiger partial charge in [0, 0.05) is 0 Å². The molecule has 0 spiro atoms. The third-order valence-electron chi connectivity index (χ3n) is 2.73. The summed E-state index contributed by atoms with van der Waals surface area (Å²) < 4.78 is 43.0. The molecule has 1 heterocycles. The van der Waals surface area contributed by atoms with E-state index in [9.17, 15) is 18.0 Å². The van der Waals surface area contributed by atoms with E-state index in [0.717, 1.165) is 12.1 Å². The number of ether oxygens (including phenoxy) is 1. The van der Waals surface area contributed by atoms with Gasteiger partial charge in [-0.15, -0.1) is 0 Å². The molecule has 4 N–H and O–H groups in total. The molecule has 0 aliphatic rings. The van der Waals surface area contributed by atoms with Crippen LogP contribution in [-0.4, -0.2) is 24.1 Å². The number of carbonyl (C=O) groups excluding carboxylic acids is 1. The van der Waals surface area contributed by atoms with Gasteiger partial charge in [0.05, 0.1) is 12.7 Å². The Kier molecular flexibility index (Phi) is 5.36. The number of hydrazine groups is 1. The number of halogens is 3. The second-order valence-corrected chi connectivity index (χ2v) is 4.66. The van der Waals surface area contributed by atoms with E-state index in [1.165, 1.54) is 7.11 Å². The van der Waals surface area contributed by atoms with Crippen molar-refractivity contribution in [1.29, 1.82) is 0 Å². The summed E-state index contributed by atoms with van der Waals surface area (Å²) in [5, 5.41) is 2.64. The zero-order chi connectivity index (χ0) is 16.2. The average molecular weight is 306 g/mol. The lowest BCUT2D eigenvalue weighted by Gasteiger charge is -2.21. The number of alkyl halides is 3. The monoisotopic (exact) mass is 306 g/mol. The van der Waals surface area contributed by atoms with Gasteiger partial charge >= 0.3 is 12.1 Å². The number of pyridine rings is 1. The number of esters is 1. The van der Waals surface area contributed by atoms with Crippen molar-refractivity contribution >= 4 is 17.6 Å². The predicted molar refractivity (Wildman–Crippen MR) is 71.3 cm³/mol. The maximum absolute atomic E-state index is 12.8. The van der Waals surface area contributed by atoms with Crippen molar-refractivity contribution in [2.45, 2.75) is 26.1 Å². The number of methoxy groups -OCH3 is 1.